The van der Waals surface area contributed by atoms with Crippen molar-refractivity contribution in [2.24, 2.45) is 5.73 Å². The number of nitrogens with zero attached hydrogens (tertiary/aromatic N) is 2. The highest BCUT2D eigenvalue weighted by atomic mass is 19.4. The zero-order chi connectivity index (χ0) is 15.0. The summed E-state index contributed by atoms with van der Waals surface area (Å²) < 4.78 is 44.5. The summed E-state index contributed by atoms with van der Waals surface area (Å²) in [6.07, 6.45) is -3.17. The molecule has 0 aliphatic heterocycles. The summed E-state index contributed by atoms with van der Waals surface area (Å²) in [6, 6.07) is 8.28. The number of hydrogen-bond donors (Lipinski definition) is 1. The first-order valence-electron chi connectivity index (χ1n) is 6.29. The number of furan rings is 1. The monoisotopic (exact) mass is 295 g/mol. The number of benzene rings is 1. The Balaban J connectivity index is 1.96. The molecule has 2 heterocycles. The number of alkyl halides is 3. The van der Waals surface area contributed by atoms with Crippen molar-refractivity contribution < 1.29 is 17.6 Å². The summed E-state index contributed by atoms with van der Waals surface area (Å²) >= 11 is 0. The molecule has 0 spiro atoms. The number of hydrogen-bond acceptors (Lipinski definition) is 3. The average molecular weight is 295 g/mol. The van der Waals surface area contributed by atoms with Gasteiger partial charge in [-0.05, 0) is 12.1 Å². The number of aromatic nitrogens is 2. The third-order valence-electron chi connectivity index (χ3n) is 3.22. The van der Waals surface area contributed by atoms with Crippen LogP contribution in [-0.2, 0) is 19.3 Å². The van der Waals surface area contributed by atoms with Crippen LogP contribution in [0.25, 0.3) is 11.0 Å². The molecule has 0 bridgehead atoms. The van der Waals surface area contributed by atoms with Crippen LogP contribution in [0.3, 0.4) is 0 Å². The van der Waals surface area contributed by atoms with Crippen molar-refractivity contribution in [3.05, 3.63) is 53.5 Å². The highest BCUT2D eigenvalue weighted by Crippen LogP contribution is 2.29. The maximum atomic E-state index is 12.5. The van der Waals surface area contributed by atoms with Crippen LogP contribution in [-0.4, -0.2) is 9.78 Å². The Morgan fingerprint density at radius 3 is 2.62 bits per heavy atom. The SMILES string of the molecule is NCc1c(Cn2ccc(C(F)(F)F)n2)oc2ccccc12. The van der Waals surface area contributed by atoms with Gasteiger partial charge in [0.1, 0.15) is 11.3 Å². The van der Waals surface area contributed by atoms with Gasteiger partial charge in [-0.3, -0.25) is 4.68 Å². The van der Waals surface area contributed by atoms with Gasteiger partial charge in [-0.25, -0.2) is 0 Å². The van der Waals surface area contributed by atoms with E-state index in [1.807, 2.05) is 18.2 Å². The highest BCUT2D eigenvalue weighted by Gasteiger charge is 2.33. The summed E-state index contributed by atoms with van der Waals surface area (Å²) in [5, 5.41) is 4.39. The molecule has 0 fully saturated rings. The Kier molecular flexibility index (Phi) is 3.21. The molecule has 4 nitrogen and oxygen atoms in total. The van der Waals surface area contributed by atoms with Crippen LogP contribution in [0.5, 0.6) is 0 Å². The summed E-state index contributed by atoms with van der Waals surface area (Å²) in [4.78, 5) is 0. The Hall–Kier alpha value is -2.28. The molecule has 110 valence electrons. The van der Waals surface area contributed by atoms with Crippen LogP contribution in [0.15, 0.2) is 40.9 Å². The lowest BCUT2D eigenvalue weighted by atomic mass is 10.1. The predicted octanol–water partition coefficient (Wildman–Crippen LogP) is 3.16. The first-order valence-corrected chi connectivity index (χ1v) is 6.29. The molecule has 0 aliphatic rings. The number of rotatable bonds is 3. The minimum Gasteiger partial charge on any atom is -0.459 e. The summed E-state index contributed by atoms with van der Waals surface area (Å²) in [5.41, 5.74) is 6.25. The molecule has 0 atom stereocenters. The largest absolute Gasteiger partial charge is 0.459 e. The van der Waals surface area contributed by atoms with Crippen molar-refractivity contribution in [1.82, 2.24) is 9.78 Å². The lowest BCUT2D eigenvalue weighted by Gasteiger charge is -2.03. The molecular weight excluding hydrogens is 283 g/mol. The molecule has 0 radical (unpaired) electrons. The predicted molar refractivity (Wildman–Crippen MR) is 70.4 cm³/mol. The van der Waals surface area contributed by atoms with Crippen LogP contribution in [0.2, 0.25) is 0 Å². The van der Waals surface area contributed by atoms with E-state index in [0.717, 1.165) is 17.0 Å². The Bertz CT molecular complexity index is 773. The van der Waals surface area contributed by atoms with Gasteiger partial charge in [0.25, 0.3) is 0 Å². The van der Waals surface area contributed by atoms with E-state index in [4.69, 9.17) is 10.2 Å². The van der Waals surface area contributed by atoms with Gasteiger partial charge in [-0.1, -0.05) is 18.2 Å². The van der Waals surface area contributed by atoms with E-state index in [9.17, 15) is 13.2 Å². The third-order valence-corrected chi connectivity index (χ3v) is 3.22. The number of nitrogens with two attached hydrogens (primary N) is 1. The van der Waals surface area contributed by atoms with Crippen LogP contribution < -0.4 is 5.73 Å². The Labute approximate surface area is 118 Å². The second-order valence-electron chi connectivity index (χ2n) is 4.60. The van der Waals surface area contributed by atoms with Gasteiger partial charge in [0, 0.05) is 23.7 Å². The van der Waals surface area contributed by atoms with E-state index in [2.05, 4.69) is 5.10 Å². The number of fused-ring (bicyclic) bond motifs is 1. The molecule has 0 amide bonds. The average Bonchev–Trinajstić information content (AvgIpc) is 3.02. The second-order valence-corrected chi connectivity index (χ2v) is 4.60. The minimum absolute atomic E-state index is 0.108. The molecule has 0 unspecified atom stereocenters. The van der Waals surface area contributed by atoms with E-state index >= 15 is 0 Å². The Morgan fingerprint density at radius 1 is 1.19 bits per heavy atom. The van der Waals surface area contributed by atoms with Crippen molar-refractivity contribution >= 4 is 11.0 Å². The standard InChI is InChI=1S/C14H12F3N3O/c15-14(16,17)13-5-6-20(19-13)8-12-10(7-18)9-3-1-2-4-11(9)21-12/h1-6H,7-8,18H2. The molecule has 2 aromatic heterocycles. The van der Waals surface area contributed by atoms with Crippen LogP contribution >= 0.6 is 0 Å². The molecule has 21 heavy (non-hydrogen) atoms. The first-order chi connectivity index (χ1) is 9.99. The highest BCUT2D eigenvalue weighted by molar-refractivity contribution is 5.82. The lowest BCUT2D eigenvalue weighted by Crippen LogP contribution is -2.09. The smallest absolute Gasteiger partial charge is 0.435 e. The second kappa shape index (κ2) is 4.92. The fourth-order valence-electron chi connectivity index (χ4n) is 2.25. The third kappa shape index (κ3) is 2.52. The fraction of sp³-hybridized carbons (Fsp3) is 0.214. The van der Waals surface area contributed by atoms with Gasteiger partial charge in [0.2, 0.25) is 0 Å². The molecule has 2 N–H and O–H groups in total. The quantitative estimate of drug-likeness (QED) is 0.807. The summed E-state index contributed by atoms with van der Waals surface area (Å²) in [5.74, 6) is 0.524. The van der Waals surface area contributed by atoms with Gasteiger partial charge in [0.05, 0.1) is 6.54 Å². The van der Waals surface area contributed by atoms with Crippen molar-refractivity contribution in [3.8, 4) is 0 Å². The van der Waals surface area contributed by atoms with Crippen molar-refractivity contribution in [2.45, 2.75) is 19.3 Å². The summed E-state index contributed by atoms with van der Waals surface area (Å²) in [7, 11) is 0. The topological polar surface area (TPSA) is 57.0 Å². The molecule has 0 saturated heterocycles. The van der Waals surface area contributed by atoms with E-state index < -0.39 is 11.9 Å². The zero-order valence-corrected chi connectivity index (χ0v) is 10.9. The zero-order valence-electron chi connectivity index (χ0n) is 10.9. The molecule has 3 rings (SSSR count). The van der Waals surface area contributed by atoms with Gasteiger partial charge in [-0.2, -0.15) is 18.3 Å². The van der Waals surface area contributed by atoms with Crippen molar-refractivity contribution in [1.29, 1.82) is 0 Å². The molecular formula is C14H12F3N3O. The van der Waals surface area contributed by atoms with Crippen LogP contribution in [0.1, 0.15) is 17.0 Å². The minimum atomic E-state index is -4.45. The van der Waals surface area contributed by atoms with E-state index in [-0.39, 0.29) is 13.1 Å². The number of para-hydroxylation sites is 1. The maximum absolute atomic E-state index is 12.5. The molecule has 7 heteroatoms. The fourth-order valence-corrected chi connectivity index (χ4v) is 2.25. The first kappa shape index (κ1) is 13.7. The number of halogens is 3. The van der Waals surface area contributed by atoms with E-state index in [1.54, 1.807) is 6.07 Å². The molecule has 3 aromatic rings. The van der Waals surface area contributed by atoms with Crippen molar-refractivity contribution in [2.75, 3.05) is 0 Å². The Morgan fingerprint density at radius 2 is 1.95 bits per heavy atom. The van der Waals surface area contributed by atoms with E-state index in [1.165, 1.54) is 10.9 Å². The van der Waals surface area contributed by atoms with Gasteiger partial charge in [-0.15, -0.1) is 0 Å². The van der Waals surface area contributed by atoms with E-state index in [0.29, 0.717) is 11.3 Å². The van der Waals surface area contributed by atoms with Gasteiger partial charge >= 0.3 is 6.18 Å². The van der Waals surface area contributed by atoms with Crippen molar-refractivity contribution in [3.63, 3.8) is 0 Å². The van der Waals surface area contributed by atoms with Gasteiger partial charge in [0.15, 0.2) is 5.69 Å². The lowest BCUT2D eigenvalue weighted by molar-refractivity contribution is -0.141. The maximum Gasteiger partial charge on any atom is 0.435 e. The molecule has 0 aliphatic carbocycles. The molecule has 1 aromatic carbocycles. The van der Waals surface area contributed by atoms with Crippen LogP contribution in [0, 0.1) is 0 Å². The van der Waals surface area contributed by atoms with Gasteiger partial charge < -0.3 is 10.2 Å². The molecule has 0 saturated carbocycles. The normalized spacial score (nSPS) is 12.2. The van der Waals surface area contributed by atoms with Crippen LogP contribution in [0.4, 0.5) is 13.2 Å². The summed E-state index contributed by atoms with van der Waals surface area (Å²) in [6.45, 7) is 0.358.